The van der Waals surface area contributed by atoms with Gasteiger partial charge in [-0.05, 0) is 12.8 Å². The van der Waals surface area contributed by atoms with Gasteiger partial charge in [0.1, 0.15) is 0 Å². The average Bonchev–Trinajstić information content (AvgIpc) is 1.86. The minimum absolute atomic E-state index is 0.266. The van der Waals surface area contributed by atoms with Gasteiger partial charge in [0.25, 0.3) is 0 Å². The van der Waals surface area contributed by atoms with Crippen molar-refractivity contribution in [2.75, 3.05) is 0 Å². The zero-order valence-electron chi connectivity index (χ0n) is 6.68. The van der Waals surface area contributed by atoms with Crippen molar-refractivity contribution in [1.29, 1.82) is 0 Å². The lowest BCUT2D eigenvalue weighted by molar-refractivity contribution is 0.244. The van der Waals surface area contributed by atoms with E-state index in [1.165, 1.54) is 0 Å². The molecule has 1 unspecified atom stereocenters. The molecule has 1 atom stereocenters. The van der Waals surface area contributed by atoms with Crippen molar-refractivity contribution in [1.82, 2.24) is 5.32 Å². The number of urea groups is 1. The molecule has 10 heavy (non-hydrogen) atoms. The highest BCUT2D eigenvalue weighted by Crippen LogP contribution is 1.99. The molecular formula is C7H16N2O. The van der Waals surface area contributed by atoms with Crippen molar-refractivity contribution in [2.45, 2.75) is 39.2 Å². The molecule has 0 heterocycles. The van der Waals surface area contributed by atoms with Gasteiger partial charge in [-0.1, -0.05) is 20.3 Å². The molecule has 3 N–H and O–H groups in total. The third-order valence-corrected chi connectivity index (χ3v) is 1.48. The van der Waals surface area contributed by atoms with Crippen LogP contribution in [0.25, 0.3) is 0 Å². The van der Waals surface area contributed by atoms with Crippen LogP contribution >= 0.6 is 0 Å². The number of carbonyl (C=O) groups is 1. The fraction of sp³-hybridized carbons (Fsp3) is 0.857. The normalized spacial score (nSPS) is 12.6. The number of hydrogen-bond acceptors (Lipinski definition) is 1. The molecule has 0 bridgehead atoms. The number of carbonyl (C=O) groups excluding carboxylic acids is 1. The van der Waals surface area contributed by atoms with Crippen molar-refractivity contribution in [3.63, 3.8) is 0 Å². The topological polar surface area (TPSA) is 55.1 Å². The molecule has 2 amide bonds. The van der Waals surface area contributed by atoms with E-state index < -0.39 is 6.03 Å². The van der Waals surface area contributed by atoms with E-state index in [1.54, 1.807) is 0 Å². The number of nitrogens with two attached hydrogens (primary N) is 1. The molecule has 0 aromatic carbocycles. The Morgan fingerprint density at radius 2 is 2.20 bits per heavy atom. The molecule has 0 aromatic heterocycles. The summed E-state index contributed by atoms with van der Waals surface area (Å²) in [5.41, 5.74) is 4.95. The molecule has 0 aliphatic rings. The third kappa shape index (κ3) is 4.18. The van der Waals surface area contributed by atoms with Gasteiger partial charge in [-0.15, -0.1) is 0 Å². The van der Waals surface area contributed by atoms with Gasteiger partial charge in [0, 0.05) is 6.04 Å². The summed E-state index contributed by atoms with van der Waals surface area (Å²) in [5.74, 6) is 0. The molecule has 0 saturated heterocycles. The molecule has 0 aliphatic carbocycles. The highest BCUT2D eigenvalue weighted by Gasteiger charge is 2.04. The van der Waals surface area contributed by atoms with E-state index >= 15 is 0 Å². The summed E-state index contributed by atoms with van der Waals surface area (Å²) in [6, 6.07) is -0.150. The Labute approximate surface area is 62.0 Å². The predicted molar refractivity (Wildman–Crippen MR) is 41.7 cm³/mol. The molecule has 0 aromatic rings. The van der Waals surface area contributed by atoms with Crippen molar-refractivity contribution < 1.29 is 4.79 Å². The monoisotopic (exact) mass is 144 g/mol. The fourth-order valence-electron chi connectivity index (χ4n) is 0.928. The fourth-order valence-corrected chi connectivity index (χ4v) is 0.928. The molecular weight excluding hydrogens is 128 g/mol. The van der Waals surface area contributed by atoms with Gasteiger partial charge in [0.15, 0.2) is 0 Å². The minimum atomic E-state index is -0.416. The van der Waals surface area contributed by atoms with Crippen LogP contribution in [0.15, 0.2) is 0 Å². The second kappa shape index (κ2) is 5.09. The van der Waals surface area contributed by atoms with E-state index in [-0.39, 0.29) is 6.04 Å². The Kier molecular flexibility index (Phi) is 4.72. The highest BCUT2D eigenvalue weighted by atomic mass is 16.2. The summed E-state index contributed by atoms with van der Waals surface area (Å²) >= 11 is 0. The molecule has 0 aliphatic heterocycles. The zero-order chi connectivity index (χ0) is 7.98. The molecule has 0 saturated carbocycles. The van der Waals surface area contributed by atoms with Crippen LogP contribution in [-0.4, -0.2) is 12.1 Å². The Morgan fingerprint density at radius 3 is 2.50 bits per heavy atom. The maximum absolute atomic E-state index is 10.4. The van der Waals surface area contributed by atoms with E-state index in [0.29, 0.717) is 0 Å². The Morgan fingerprint density at radius 1 is 1.60 bits per heavy atom. The smallest absolute Gasteiger partial charge is 0.312 e. The Bertz CT molecular complexity index is 104. The van der Waals surface area contributed by atoms with Crippen molar-refractivity contribution in [2.24, 2.45) is 5.73 Å². The van der Waals surface area contributed by atoms with Crippen LogP contribution < -0.4 is 11.1 Å². The van der Waals surface area contributed by atoms with Gasteiger partial charge in [-0.25, -0.2) is 4.79 Å². The molecule has 60 valence electrons. The van der Waals surface area contributed by atoms with Crippen LogP contribution in [-0.2, 0) is 0 Å². The first kappa shape index (κ1) is 9.27. The van der Waals surface area contributed by atoms with Crippen LogP contribution in [0.3, 0.4) is 0 Å². The second-order valence-electron chi connectivity index (χ2n) is 2.40. The maximum Gasteiger partial charge on any atom is 0.312 e. The first-order valence-corrected chi connectivity index (χ1v) is 3.76. The standard InChI is InChI=1S/C7H16N2O/c1-3-5-6(4-2)9-7(8)10/h6H,3-5H2,1-2H3,(H3,8,9,10). The quantitative estimate of drug-likeness (QED) is 0.612. The summed E-state index contributed by atoms with van der Waals surface area (Å²) < 4.78 is 0. The van der Waals surface area contributed by atoms with Gasteiger partial charge >= 0.3 is 6.03 Å². The Hall–Kier alpha value is -0.730. The minimum Gasteiger partial charge on any atom is -0.352 e. The number of amides is 2. The SMILES string of the molecule is CCCC(CC)NC(N)=O. The highest BCUT2D eigenvalue weighted by molar-refractivity contribution is 5.71. The molecule has 0 radical (unpaired) electrons. The lowest BCUT2D eigenvalue weighted by atomic mass is 10.1. The molecule has 0 fully saturated rings. The van der Waals surface area contributed by atoms with Gasteiger partial charge in [-0.2, -0.15) is 0 Å². The van der Waals surface area contributed by atoms with Gasteiger partial charge in [-0.3, -0.25) is 0 Å². The molecule has 3 heteroatoms. The van der Waals surface area contributed by atoms with Crippen LogP contribution in [0.2, 0.25) is 0 Å². The summed E-state index contributed by atoms with van der Waals surface area (Å²) in [5, 5.41) is 2.67. The van der Waals surface area contributed by atoms with Crippen LogP contribution in [0.1, 0.15) is 33.1 Å². The summed E-state index contributed by atoms with van der Waals surface area (Å²) in [6.07, 6.45) is 3.05. The van der Waals surface area contributed by atoms with Gasteiger partial charge < -0.3 is 11.1 Å². The van der Waals surface area contributed by atoms with Crippen LogP contribution in [0, 0.1) is 0 Å². The van der Waals surface area contributed by atoms with Crippen LogP contribution in [0.5, 0.6) is 0 Å². The van der Waals surface area contributed by atoms with Gasteiger partial charge in [0.2, 0.25) is 0 Å². The van der Waals surface area contributed by atoms with Crippen molar-refractivity contribution >= 4 is 6.03 Å². The Balaban J connectivity index is 3.49. The lowest BCUT2D eigenvalue weighted by Gasteiger charge is -2.13. The lowest BCUT2D eigenvalue weighted by Crippen LogP contribution is -2.38. The summed E-state index contributed by atoms with van der Waals surface area (Å²) in [7, 11) is 0. The van der Waals surface area contributed by atoms with Crippen molar-refractivity contribution in [3.8, 4) is 0 Å². The maximum atomic E-state index is 10.4. The largest absolute Gasteiger partial charge is 0.352 e. The zero-order valence-corrected chi connectivity index (χ0v) is 6.68. The second-order valence-corrected chi connectivity index (χ2v) is 2.40. The average molecular weight is 144 g/mol. The number of rotatable bonds is 4. The van der Waals surface area contributed by atoms with E-state index in [4.69, 9.17) is 5.73 Å². The summed E-state index contributed by atoms with van der Waals surface area (Å²) in [4.78, 5) is 10.4. The third-order valence-electron chi connectivity index (χ3n) is 1.48. The molecule has 3 nitrogen and oxygen atoms in total. The van der Waals surface area contributed by atoms with Crippen molar-refractivity contribution in [3.05, 3.63) is 0 Å². The number of nitrogens with one attached hydrogen (secondary N) is 1. The first-order valence-electron chi connectivity index (χ1n) is 3.76. The van der Waals surface area contributed by atoms with Crippen LogP contribution in [0.4, 0.5) is 4.79 Å². The molecule has 0 spiro atoms. The number of hydrogen-bond donors (Lipinski definition) is 2. The van der Waals surface area contributed by atoms with E-state index in [1.807, 2.05) is 6.92 Å². The van der Waals surface area contributed by atoms with E-state index in [2.05, 4.69) is 12.2 Å². The number of primary amides is 1. The molecule has 0 rings (SSSR count). The summed E-state index contributed by atoms with van der Waals surface area (Å²) in [6.45, 7) is 4.13. The van der Waals surface area contributed by atoms with E-state index in [9.17, 15) is 4.79 Å². The van der Waals surface area contributed by atoms with Gasteiger partial charge in [0.05, 0.1) is 0 Å². The predicted octanol–water partition coefficient (Wildman–Crippen LogP) is 1.23. The first-order chi connectivity index (χ1) is 4.70. The van der Waals surface area contributed by atoms with E-state index in [0.717, 1.165) is 19.3 Å².